The van der Waals surface area contributed by atoms with Crippen molar-refractivity contribution >= 4 is 40.6 Å². The minimum atomic E-state index is -0.702. The van der Waals surface area contributed by atoms with E-state index in [1.807, 2.05) is 0 Å². The van der Waals surface area contributed by atoms with Gasteiger partial charge in [0.25, 0.3) is 0 Å². The molecule has 0 saturated carbocycles. The molecule has 0 atom stereocenters. The fourth-order valence-electron chi connectivity index (χ4n) is 1.76. The van der Waals surface area contributed by atoms with Crippen molar-refractivity contribution in [2.75, 3.05) is 16.0 Å². The zero-order valence-corrected chi connectivity index (χ0v) is 12.4. The summed E-state index contributed by atoms with van der Waals surface area (Å²) in [5, 5.41) is 7.42. The zero-order chi connectivity index (χ0) is 16.1. The Bertz CT molecular complexity index is 722. The van der Waals surface area contributed by atoms with E-state index in [1.165, 1.54) is 25.1 Å². The molecular weight excluding hydrogens is 309 g/mol. The Balaban J connectivity index is 2.06. The molecule has 0 aromatic heterocycles. The number of halogens is 2. The third-order valence-electron chi connectivity index (χ3n) is 2.64. The number of benzene rings is 2. The summed E-state index contributed by atoms with van der Waals surface area (Å²) in [4.78, 5) is 22.9. The fraction of sp³-hybridized carbons (Fsp3) is 0.0667. The van der Waals surface area contributed by atoms with Gasteiger partial charge in [0, 0.05) is 18.3 Å². The summed E-state index contributed by atoms with van der Waals surface area (Å²) in [6.07, 6.45) is 0. The van der Waals surface area contributed by atoms with Gasteiger partial charge in [-0.3, -0.25) is 4.79 Å². The lowest BCUT2D eigenvalue weighted by Crippen LogP contribution is -2.20. The molecule has 0 radical (unpaired) electrons. The first kappa shape index (κ1) is 15.8. The molecule has 3 N–H and O–H groups in total. The number of anilines is 3. The van der Waals surface area contributed by atoms with Crippen molar-refractivity contribution in [2.45, 2.75) is 6.92 Å². The molecule has 22 heavy (non-hydrogen) atoms. The topological polar surface area (TPSA) is 70.2 Å². The van der Waals surface area contributed by atoms with Crippen LogP contribution in [0.25, 0.3) is 0 Å². The fourth-order valence-corrected chi connectivity index (χ4v) is 1.94. The van der Waals surface area contributed by atoms with Gasteiger partial charge in [-0.1, -0.05) is 23.7 Å². The van der Waals surface area contributed by atoms with Crippen molar-refractivity contribution in [3.8, 4) is 0 Å². The lowest BCUT2D eigenvalue weighted by molar-refractivity contribution is -0.114. The first-order chi connectivity index (χ1) is 10.5. The SMILES string of the molecule is CC(=O)Nc1cccc(NC(=O)Nc2cccc(Cl)c2F)c1. The Morgan fingerprint density at radius 3 is 2.32 bits per heavy atom. The van der Waals surface area contributed by atoms with Crippen LogP contribution in [0.5, 0.6) is 0 Å². The predicted octanol–water partition coefficient (Wildman–Crippen LogP) is 4.08. The average Bonchev–Trinajstić information content (AvgIpc) is 2.43. The number of rotatable bonds is 3. The second-order valence-corrected chi connectivity index (χ2v) is 4.85. The summed E-state index contributed by atoms with van der Waals surface area (Å²) in [6, 6.07) is 10.3. The van der Waals surface area contributed by atoms with Crippen molar-refractivity contribution in [1.29, 1.82) is 0 Å². The van der Waals surface area contributed by atoms with E-state index in [0.29, 0.717) is 11.4 Å². The number of urea groups is 1. The molecule has 2 rings (SSSR count). The predicted molar refractivity (Wildman–Crippen MR) is 84.8 cm³/mol. The standard InChI is InChI=1S/C15H13ClFN3O2/c1-9(21)18-10-4-2-5-11(8-10)19-15(22)20-13-7-3-6-12(16)14(13)17/h2-8H,1H3,(H,18,21)(H2,19,20,22). The van der Waals surface area contributed by atoms with Gasteiger partial charge in [-0.15, -0.1) is 0 Å². The highest BCUT2D eigenvalue weighted by atomic mass is 35.5. The summed E-state index contributed by atoms with van der Waals surface area (Å²) in [5.41, 5.74) is 0.966. The molecule has 0 bridgehead atoms. The van der Waals surface area contributed by atoms with Gasteiger partial charge >= 0.3 is 6.03 Å². The van der Waals surface area contributed by atoms with Crippen LogP contribution in [-0.2, 0) is 4.79 Å². The zero-order valence-electron chi connectivity index (χ0n) is 11.6. The molecular formula is C15H13ClFN3O2. The van der Waals surface area contributed by atoms with Crippen LogP contribution in [0.3, 0.4) is 0 Å². The largest absolute Gasteiger partial charge is 0.326 e. The molecule has 0 aliphatic rings. The summed E-state index contributed by atoms with van der Waals surface area (Å²) in [5.74, 6) is -0.922. The Morgan fingerprint density at radius 1 is 1.00 bits per heavy atom. The Labute approximate surface area is 131 Å². The number of carbonyl (C=O) groups excluding carboxylic acids is 2. The van der Waals surface area contributed by atoms with E-state index < -0.39 is 11.8 Å². The maximum absolute atomic E-state index is 13.7. The molecule has 7 heteroatoms. The van der Waals surface area contributed by atoms with Crippen LogP contribution >= 0.6 is 11.6 Å². The number of amides is 3. The van der Waals surface area contributed by atoms with E-state index in [4.69, 9.17) is 11.6 Å². The Morgan fingerprint density at radius 2 is 1.64 bits per heavy atom. The molecule has 0 fully saturated rings. The van der Waals surface area contributed by atoms with Gasteiger partial charge in [0.1, 0.15) is 0 Å². The van der Waals surface area contributed by atoms with Crippen LogP contribution in [-0.4, -0.2) is 11.9 Å². The number of hydrogen-bond acceptors (Lipinski definition) is 2. The summed E-state index contributed by atoms with van der Waals surface area (Å²) in [7, 11) is 0. The average molecular weight is 322 g/mol. The molecule has 0 aliphatic heterocycles. The normalized spacial score (nSPS) is 9.95. The number of hydrogen-bond donors (Lipinski definition) is 3. The molecule has 2 aromatic rings. The van der Waals surface area contributed by atoms with E-state index in [1.54, 1.807) is 24.3 Å². The minimum Gasteiger partial charge on any atom is -0.326 e. The smallest absolute Gasteiger partial charge is 0.323 e. The summed E-state index contributed by atoms with van der Waals surface area (Å²) >= 11 is 5.64. The second-order valence-electron chi connectivity index (χ2n) is 4.44. The maximum atomic E-state index is 13.7. The van der Waals surface area contributed by atoms with E-state index in [9.17, 15) is 14.0 Å². The van der Waals surface area contributed by atoms with Crippen molar-refractivity contribution in [1.82, 2.24) is 0 Å². The quantitative estimate of drug-likeness (QED) is 0.797. The molecule has 5 nitrogen and oxygen atoms in total. The van der Waals surface area contributed by atoms with E-state index in [0.717, 1.165) is 0 Å². The number of nitrogens with one attached hydrogen (secondary N) is 3. The van der Waals surface area contributed by atoms with Crippen LogP contribution in [0.15, 0.2) is 42.5 Å². The van der Waals surface area contributed by atoms with Gasteiger partial charge in [0.05, 0.1) is 10.7 Å². The van der Waals surface area contributed by atoms with Crippen LogP contribution in [0.2, 0.25) is 5.02 Å². The highest BCUT2D eigenvalue weighted by molar-refractivity contribution is 6.31. The monoisotopic (exact) mass is 321 g/mol. The van der Waals surface area contributed by atoms with E-state index >= 15 is 0 Å². The first-order valence-electron chi connectivity index (χ1n) is 6.35. The summed E-state index contributed by atoms with van der Waals surface area (Å²) < 4.78 is 13.7. The van der Waals surface area contributed by atoms with Crippen LogP contribution in [0, 0.1) is 5.82 Å². The van der Waals surface area contributed by atoms with Crippen molar-refractivity contribution in [3.63, 3.8) is 0 Å². The number of carbonyl (C=O) groups is 2. The lowest BCUT2D eigenvalue weighted by Gasteiger charge is -2.10. The van der Waals surface area contributed by atoms with E-state index in [2.05, 4.69) is 16.0 Å². The van der Waals surface area contributed by atoms with Gasteiger partial charge in [-0.2, -0.15) is 0 Å². The summed E-state index contributed by atoms with van der Waals surface area (Å²) in [6.45, 7) is 1.38. The molecule has 2 aromatic carbocycles. The molecule has 0 spiro atoms. The molecule has 0 unspecified atom stereocenters. The van der Waals surface area contributed by atoms with Gasteiger partial charge in [-0.25, -0.2) is 9.18 Å². The first-order valence-corrected chi connectivity index (χ1v) is 6.73. The van der Waals surface area contributed by atoms with Crippen molar-refractivity contribution in [2.24, 2.45) is 0 Å². The molecule has 0 saturated heterocycles. The van der Waals surface area contributed by atoms with Crippen LogP contribution in [0.4, 0.5) is 26.2 Å². The highest BCUT2D eigenvalue weighted by Gasteiger charge is 2.10. The minimum absolute atomic E-state index is 0.0250. The van der Waals surface area contributed by atoms with Crippen molar-refractivity contribution < 1.29 is 14.0 Å². The van der Waals surface area contributed by atoms with Gasteiger partial charge in [-0.05, 0) is 30.3 Å². The van der Waals surface area contributed by atoms with Crippen LogP contribution in [0.1, 0.15) is 6.92 Å². The van der Waals surface area contributed by atoms with Crippen LogP contribution < -0.4 is 16.0 Å². The maximum Gasteiger partial charge on any atom is 0.323 e. The Hall–Kier alpha value is -2.60. The second kappa shape index (κ2) is 6.91. The molecule has 0 aliphatic carbocycles. The molecule has 114 valence electrons. The highest BCUT2D eigenvalue weighted by Crippen LogP contribution is 2.22. The molecule has 0 heterocycles. The van der Waals surface area contributed by atoms with Gasteiger partial charge < -0.3 is 16.0 Å². The lowest BCUT2D eigenvalue weighted by atomic mass is 10.2. The third-order valence-corrected chi connectivity index (χ3v) is 2.93. The van der Waals surface area contributed by atoms with E-state index in [-0.39, 0.29) is 16.6 Å². The van der Waals surface area contributed by atoms with Gasteiger partial charge in [0.15, 0.2) is 5.82 Å². The van der Waals surface area contributed by atoms with Crippen molar-refractivity contribution in [3.05, 3.63) is 53.3 Å². The molecule has 3 amide bonds. The third kappa shape index (κ3) is 4.20. The van der Waals surface area contributed by atoms with Gasteiger partial charge in [0.2, 0.25) is 5.91 Å². The Kier molecular flexibility index (Phi) is 4.95.